The van der Waals surface area contributed by atoms with Crippen LogP contribution in [0.5, 0.6) is 0 Å². The highest BCUT2D eigenvalue weighted by Gasteiger charge is 2.49. The van der Waals surface area contributed by atoms with Crippen LogP contribution >= 0.6 is 0 Å². The van der Waals surface area contributed by atoms with Crippen LogP contribution < -0.4 is 0 Å². The summed E-state index contributed by atoms with van der Waals surface area (Å²) in [6, 6.07) is 105. The first kappa shape index (κ1) is 124. The maximum Gasteiger partial charge on any atom is 0.0719 e. The van der Waals surface area contributed by atoms with Crippen LogP contribution in [0.2, 0.25) is 0 Å². The molecule has 12 aromatic rings. The van der Waals surface area contributed by atoms with Crippen LogP contribution in [0.25, 0.3) is 55.6 Å². The van der Waals surface area contributed by atoms with Crippen LogP contribution in [0.3, 0.4) is 0 Å². The lowest BCUT2D eigenvalue weighted by Gasteiger charge is -2.40. The number of nitrogens with zero attached hydrogens (tertiary/aromatic N) is 4. The molecule has 0 aliphatic heterocycles. The molecule has 0 saturated heterocycles. The third-order valence-corrected chi connectivity index (χ3v) is 21.3. The Kier molecular flexibility index (Phi) is 75.6. The Hall–Kier alpha value is -9.52. The van der Waals surface area contributed by atoms with E-state index in [1.54, 1.807) is 0 Å². The molecule has 127 heavy (non-hydrogen) atoms. The zero-order chi connectivity index (χ0) is 95.8. The molecule has 0 aromatic heterocycles. The van der Waals surface area contributed by atoms with Crippen molar-refractivity contribution in [3.63, 3.8) is 0 Å². The Balaban J connectivity index is -0.000000673. The number of hydrogen-bond donors (Lipinski definition) is 0. The first-order chi connectivity index (χ1) is 61.9. The van der Waals surface area contributed by atoms with Gasteiger partial charge in [-0.05, 0) is 246 Å². The molecule has 6 aliphatic rings. The molecule has 0 bridgehead atoms. The Morgan fingerprint density at radius 1 is 0.157 bits per heavy atom. The zero-order valence-electron chi connectivity index (χ0n) is 87.2. The SMILES string of the molecule is C.CC.CC.CC.CC.CC.CC.CC.CC.CC.CC.CC.CC.CCN(C)CC.CCN(C)CC.CCN(C)CC.CCN(C)CC.c1ccc2c(c1)Cc1ccccc1-2.c1ccc2c(c1)Cc1ccccc1-2.c1ccc2c(c1)Cc1ccccc1-2.c1ccc2c(c1)Cc1ccccc1-2.c1ccc2c(c1)Cc1ccccc1C21c2ccccc2-c2ccccc21. The van der Waals surface area contributed by atoms with Gasteiger partial charge in [-0.25, -0.2) is 0 Å². The van der Waals surface area contributed by atoms with Gasteiger partial charge in [0.2, 0.25) is 0 Å². The summed E-state index contributed by atoms with van der Waals surface area (Å²) in [5.74, 6) is 0. The fourth-order valence-corrected chi connectivity index (χ4v) is 14.5. The van der Waals surface area contributed by atoms with E-state index < -0.39 is 0 Å². The Morgan fingerprint density at radius 2 is 0.268 bits per heavy atom. The summed E-state index contributed by atoms with van der Waals surface area (Å²) < 4.78 is 0. The Morgan fingerprint density at radius 3 is 0.409 bits per heavy atom. The van der Waals surface area contributed by atoms with Gasteiger partial charge in [-0.3, -0.25) is 0 Å². The van der Waals surface area contributed by atoms with Crippen molar-refractivity contribution in [2.45, 2.75) is 267 Å². The van der Waals surface area contributed by atoms with E-state index >= 15 is 0 Å². The summed E-state index contributed by atoms with van der Waals surface area (Å²) >= 11 is 0. The molecule has 0 radical (unpaired) electrons. The molecule has 0 saturated carbocycles. The molecule has 0 amide bonds. The molecular weight excluding hydrogens is 1530 g/mol. The lowest BCUT2D eigenvalue weighted by Crippen LogP contribution is -2.34. The lowest BCUT2D eigenvalue weighted by atomic mass is 9.61. The van der Waals surface area contributed by atoms with Crippen LogP contribution in [0, 0.1) is 0 Å². The molecule has 1 spiro atoms. The smallest absolute Gasteiger partial charge is 0.0719 e. The van der Waals surface area contributed by atoms with Gasteiger partial charge < -0.3 is 19.6 Å². The van der Waals surface area contributed by atoms with E-state index in [0.29, 0.717) is 0 Å². The van der Waals surface area contributed by atoms with Gasteiger partial charge in [-0.15, -0.1) is 0 Å². The fourth-order valence-electron chi connectivity index (χ4n) is 14.5. The van der Waals surface area contributed by atoms with Crippen molar-refractivity contribution in [1.82, 2.24) is 19.6 Å². The lowest BCUT2D eigenvalue weighted by molar-refractivity contribution is 0.373. The van der Waals surface area contributed by atoms with Gasteiger partial charge >= 0.3 is 0 Å². The maximum absolute atomic E-state index is 2.34. The van der Waals surface area contributed by atoms with Gasteiger partial charge in [0, 0.05) is 0 Å². The van der Waals surface area contributed by atoms with E-state index in [-0.39, 0.29) is 12.8 Å². The average molecular weight is 1720 g/mol. The molecule has 0 atom stereocenters. The monoisotopic (exact) mass is 1720 g/mol. The van der Waals surface area contributed by atoms with Crippen LogP contribution in [0.15, 0.2) is 291 Å². The van der Waals surface area contributed by atoms with Crippen molar-refractivity contribution in [1.29, 1.82) is 0 Å². The van der Waals surface area contributed by atoms with Gasteiger partial charge in [-0.1, -0.05) is 520 Å². The van der Waals surface area contributed by atoms with Crippen LogP contribution in [0.1, 0.15) is 307 Å². The van der Waals surface area contributed by atoms with Crippen LogP contribution in [-0.2, 0) is 37.5 Å². The van der Waals surface area contributed by atoms with Crippen molar-refractivity contribution in [3.8, 4) is 55.6 Å². The Labute approximate surface area is 786 Å². The van der Waals surface area contributed by atoms with Crippen molar-refractivity contribution < 1.29 is 0 Å². The molecule has 698 valence electrons. The van der Waals surface area contributed by atoms with Crippen molar-refractivity contribution in [2.75, 3.05) is 80.5 Å². The van der Waals surface area contributed by atoms with Crippen molar-refractivity contribution >= 4 is 0 Å². The van der Waals surface area contributed by atoms with E-state index in [1.807, 2.05) is 166 Å². The summed E-state index contributed by atoms with van der Waals surface area (Å²) in [7, 11) is 8.44. The number of hydrogen-bond acceptors (Lipinski definition) is 4. The number of rotatable bonds is 8. The predicted molar refractivity (Wildman–Crippen MR) is 584 cm³/mol. The molecular formula is C123H186N4. The number of benzene rings is 12. The standard InChI is InChI=1S/C26H18.4C13H10.4C5H13N.12C2H6.CH4/c1-5-13-22-18(9-1)17-19-10-2-6-14-23(19)26(22)24-15-7-3-11-20(24)21-12-4-8-16-25(21)26;4*1-3-7-12-10(5-1)9-11-6-2-4-8-13(11)12;4*1-4-6(3)5-2;12*1-2;/h1-16H,17H2;4*1-8H,9H2;4*4-5H2,1-3H3;12*1-2H3;1H4. The van der Waals surface area contributed by atoms with E-state index in [4.69, 9.17) is 0 Å². The third-order valence-electron chi connectivity index (χ3n) is 21.3. The Bertz CT molecular complexity index is 3930. The first-order valence-electron chi connectivity index (χ1n) is 49.7. The third kappa shape index (κ3) is 37.2. The van der Waals surface area contributed by atoms with E-state index in [1.165, 1.54) is 134 Å². The molecule has 0 fully saturated rings. The molecule has 0 heterocycles. The minimum atomic E-state index is -0.196. The molecule has 0 unspecified atom stereocenters. The fraction of sp³-hybridized carbons (Fsp3) is 0.415. The van der Waals surface area contributed by atoms with Gasteiger partial charge in [-0.2, -0.15) is 0 Å². The molecule has 4 heteroatoms. The van der Waals surface area contributed by atoms with Gasteiger partial charge in [0.15, 0.2) is 0 Å². The number of fused-ring (bicyclic) bond motifs is 21. The second kappa shape index (κ2) is 77.6. The molecule has 12 aromatic carbocycles. The normalized spacial score (nSPS) is 10.6. The summed E-state index contributed by atoms with van der Waals surface area (Å²) in [6.45, 7) is 74.6. The highest BCUT2D eigenvalue weighted by Crippen LogP contribution is 2.59. The van der Waals surface area contributed by atoms with E-state index in [0.717, 1.165) is 84.5 Å². The predicted octanol–water partition coefficient (Wildman–Crippen LogP) is 35.8. The van der Waals surface area contributed by atoms with Crippen LogP contribution in [-0.4, -0.2) is 100 Å². The van der Waals surface area contributed by atoms with E-state index in [2.05, 4.69) is 394 Å². The van der Waals surface area contributed by atoms with Gasteiger partial charge in [0.05, 0.1) is 5.41 Å². The second-order valence-corrected chi connectivity index (χ2v) is 27.3. The minimum Gasteiger partial charge on any atom is -0.307 e. The highest BCUT2D eigenvalue weighted by molar-refractivity contribution is 5.88. The summed E-state index contributed by atoms with van der Waals surface area (Å²) in [5.41, 5.74) is 34.2. The molecule has 4 nitrogen and oxygen atoms in total. The second-order valence-electron chi connectivity index (χ2n) is 27.3. The molecule has 18 rings (SSSR count). The first-order valence-corrected chi connectivity index (χ1v) is 49.7. The van der Waals surface area contributed by atoms with Crippen LogP contribution in [0.4, 0.5) is 0 Å². The minimum absolute atomic E-state index is 0. The summed E-state index contributed by atoms with van der Waals surface area (Å²) in [6.07, 6.45) is 5.43. The zero-order valence-corrected chi connectivity index (χ0v) is 87.2. The quantitative estimate of drug-likeness (QED) is 0.150. The highest BCUT2D eigenvalue weighted by atomic mass is 15.1. The summed E-state index contributed by atoms with van der Waals surface area (Å²) in [5, 5.41) is 0. The molecule has 0 N–H and O–H groups in total. The maximum atomic E-state index is 2.34. The largest absolute Gasteiger partial charge is 0.307 e. The molecule has 6 aliphatic carbocycles. The van der Waals surface area contributed by atoms with Gasteiger partial charge in [0.25, 0.3) is 0 Å². The van der Waals surface area contributed by atoms with Crippen molar-refractivity contribution in [3.05, 3.63) is 369 Å². The topological polar surface area (TPSA) is 13.0 Å². The van der Waals surface area contributed by atoms with Crippen molar-refractivity contribution in [2.24, 2.45) is 0 Å². The summed E-state index contributed by atoms with van der Waals surface area (Å²) in [4.78, 5) is 9.00. The average Bonchev–Trinajstić information content (AvgIpc) is 1.54. The van der Waals surface area contributed by atoms with E-state index in [9.17, 15) is 0 Å². The van der Waals surface area contributed by atoms with Gasteiger partial charge in [0.1, 0.15) is 0 Å².